The van der Waals surface area contributed by atoms with Gasteiger partial charge in [-0.3, -0.25) is 9.59 Å². The lowest BCUT2D eigenvalue weighted by Crippen LogP contribution is -2.19. The first-order valence-electron chi connectivity index (χ1n) is 10.0. The number of hydrogen-bond acceptors (Lipinski definition) is 5. The van der Waals surface area contributed by atoms with Gasteiger partial charge in [0.25, 0.3) is 0 Å². The van der Waals surface area contributed by atoms with Gasteiger partial charge in [0.1, 0.15) is 0 Å². The van der Waals surface area contributed by atoms with Crippen LogP contribution in [0.5, 0.6) is 0 Å². The molecule has 164 valence electrons. The first-order valence-corrected chi connectivity index (χ1v) is 11.4. The zero-order valence-electron chi connectivity index (χ0n) is 17.6. The van der Waals surface area contributed by atoms with E-state index in [-0.39, 0.29) is 23.9 Å². The third kappa shape index (κ3) is 4.59. The SMILES string of the molecule is Cc1cc(C(=O)COC(=O)c2ccc3c(c2)NC(=O)CS3)c(C)n1Cc1ccccc1Cl. The summed E-state index contributed by atoms with van der Waals surface area (Å²) >= 11 is 7.69. The summed E-state index contributed by atoms with van der Waals surface area (Å²) in [7, 11) is 0. The molecule has 6 nitrogen and oxygen atoms in total. The van der Waals surface area contributed by atoms with Crippen molar-refractivity contribution in [2.24, 2.45) is 0 Å². The van der Waals surface area contributed by atoms with E-state index in [9.17, 15) is 14.4 Å². The van der Waals surface area contributed by atoms with Crippen LogP contribution in [-0.2, 0) is 16.1 Å². The fourth-order valence-corrected chi connectivity index (χ4v) is 4.61. The minimum absolute atomic E-state index is 0.115. The number of ether oxygens (including phenoxy) is 1. The fourth-order valence-electron chi connectivity index (χ4n) is 3.63. The quantitative estimate of drug-likeness (QED) is 0.411. The number of aromatic nitrogens is 1. The van der Waals surface area contributed by atoms with E-state index >= 15 is 0 Å². The monoisotopic (exact) mass is 468 g/mol. The molecule has 0 saturated heterocycles. The van der Waals surface area contributed by atoms with Crippen molar-refractivity contribution in [1.82, 2.24) is 4.57 Å². The summed E-state index contributed by atoms with van der Waals surface area (Å²) in [5.74, 6) is -0.662. The van der Waals surface area contributed by atoms with Crippen molar-refractivity contribution in [2.45, 2.75) is 25.3 Å². The van der Waals surface area contributed by atoms with Gasteiger partial charge in [-0.1, -0.05) is 29.8 Å². The number of carbonyl (C=O) groups is 3. The Bertz CT molecular complexity index is 1230. The molecule has 0 unspecified atom stereocenters. The van der Waals surface area contributed by atoms with Crippen LogP contribution in [0.4, 0.5) is 5.69 Å². The number of halogens is 1. The first-order chi connectivity index (χ1) is 15.3. The predicted octanol–water partition coefficient (Wildman–Crippen LogP) is 4.89. The number of rotatable bonds is 6. The Labute approximate surface area is 194 Å². The summed E-state index contributed by atoms with van der Waals surface area (Å²) in [6, 6.07) is 14.3. The number of anilines is 1. The number of aryl methyl sites for hydroxylation is 1. The molecule has 0 radical (unpaired) electrons. The molecule has 0 aliphatic carbocycles. The number of hydrogen-bond donors (Lipinski definition) is 1. The summed E-state index contributed by atoms with van der Waals surface area (Å²) in [5, 5.41) is 3.41. The Morgan fingerprint density at radius 3 is 2.72 bits per heavy atom. The Hall–Kier alpha value is -3.03. The molecule has 2 heterocycles. The first kappa shape index (κ1) is 22.2. The van der Waals surface area contributed by atoms with E-state index in [1.807, 2.05) is 42.7 Å². The summed E-state index contributed by atoms with van der Waals surface area (Å²) < 4.78 is 7.28. The van der Waals surface area contributed by atoms with Gasteiger partial charge < -0.3 is 14.6 Å². The lowest BCUT2D eigenvalue weighted by atomic mass is 10.1. The van der Waals surface area contributed by atoms with E-state index in [0.717, 1.165) is 21.8 Å². The number of nitrogens with one attached hydrogen (secondary N) is 1. The fraction of sp³-hybridized carbons (Fsp3) is 0.208. The van der Waals surface area contributed by atoms with Gasteiger partial charge in [-0.15, -0.1) is 11.8 Å². The van der Waals surface area contributed by atoms with Crippen molar-refractivity contribution < 1.29 is 19.1 Å². The second-order valence-corrected chi connectivity index (χ2v) is 8.93. The van der Waals surface area contributed by atoms with Crippen molar-refractivity contribution in [3.05, 3.63) is 81.6 Å². The van der Waals surface area contributed by atoms with E-state index in [1.54, 1.807) is 24.3 Å². The number of esters is 1. The van der Waals surface area contributed by atoms with Crippen LogP contribution in [0.2, 0.25) is 5.02 Å². The van der Waals surface area contributed by atoms with Crippen LogP contribution < -0.4 is 5.32 Å². The molecular formula is C24H21ClN2O4S. The average molecular weight is 469 g/mol. The standard InChI is InChI=1S/C24H21ClN2O4S/c1-14-9-18(15(2)27(14)11-17-5-3-4-6-19(17)25)21(28)12-31-24(30)16-7-8-22-20(10-16)26-23(29)13-32-22/h3-10H,11-13H2,1-2H3,(H,26,29). The minimum Gasteiger partial charge on any atom is -0.454 e. The van der Waals surface area contributed by atoms with Gasteiger partial charge >= 0.3 is 5.97 Å². The van der Waals surface area contributed by atoms with Crippen molar-refractivity contribution in [3.8, 4) is 0 Å². The van der Waals surface area contributed by atoms with E-state index in [2.05, 4.69) is 5.32 Å². The molecule has 1 aliphatic heterocycles. The highest BCUT2D eigenvalue weighted by molar-refractivity contribution is 8.00. The molecule has 32 heavy (non-hydrogen) atoms. The molecule has 1 amide bonds. The molecule has 1 N–H and O–H groups in total. The number of amides is 1. The zero-order chi connectivity index (χ0) is 22.8. The van der Waals surface area contributed by atoms with Gasteiger partial charge in [-0.05, 0) is 49.7 Å². The number of fused-ring (bicyclic) bond motifs is 1. The van der Waals surface area contributed by atoms with Gasteiger partial charge in [-0.2, -0.15) is 0 Å². The maximum atomic E-state index is 12.8. The lowest BCUT2D eigenvalue weighted by molar-refractivity contribution is -0.113. The molecule has 4 rings (SSSR count). The Morgan fingerprint density at radius 2 is 1.94 bits per heavy atom. The average Bonchev–Trinajstić information content (AvgIpc) is 3.06. The molecule has 0 atom stereocenters. The topological polar surface area (TPSA) is 77.4 Å². The second-order valence-electron chi connectivity index (χ2n) is 7.51. The smallest absolute Gasteiger partial charge is 0.338 e. The van der Waals surface area contributed by atoms with Crippen LogP contribution in [0.15, 0.2) is 53.4 Å². The normalized spacial score (nSPS) is 12.8. The molecule has 1 aliphatic rings. The van der Waals surface area contributed by atoms with E-state index in [0.29, 0.717) is 28.6 Å². The third-order valence-electron chi connectivity index (χ3n) is 5.34. The predicted molar refractivity (Wildman–Crippen MR) is 125 cm³/mol. The van der Waals surface area contributed by atoms with Crippen LogP contribution >= 0.6 is 23.4 Å². The molecule has 8 heteroatoms. The number of ketones is 1. The molecule has 0 fully saturated rings. The Balaban J connectivity index is 1.44. The van der Waals surface area contributed by atoms with Gasteiger partial charge in [0.15, 0.2) is 6.61 Å². The molecule has 3 aromatic rings. The van der Waals surface area contributed by atoms with Crippen molar-refractivity contribution in [2.75, 3.05) is 17.7 Å². The van der Waals surface area contributed by atoms with Crippen LogP contribution in [0, 0.1) is 13.8 Å². The summed E-state index contributed by atoms with van der Waals surface area (Å²) in [6.45, 7) is 3.96. The highest BCUT2D eigenvalue weighted by Gasteiger charge is 2.20. The van der Waals surface area contributed by atoms with Crippen LogP contribution in [0.25, 0.3) is 0 Å². The van der Waals surface area contributed by atoms with E-state index < -0.39 is 5.97 Å². The molecule has 2 aromatic carbocycles. The van der Waals surface area contributed by atoms with Crippen LogP contribution in [-0.4, -0.2) is 34.6 Å². The Morgan fingerprint density at radius 1 is 1.16 bits per heavy atom. The minimum atomic E-state index is -0.615. The van der Waals surface area contributed by atoms with Gasteiger partial charge in [-0.25, -0.2) is 4.79 Å². The second kappa shape index (κ2) is 9.22. The van der Waals surface area contributed by atoms with Gasteiger partial charge in [0.05, 0.1) is 17.0 Å². The largest absolute Gasteiger partial charge is 0.454 e. The summed E-state index contributed by atoms with van der Waals surface area (Å²) in [5.41, 5.74) is 4.03. The van der Waals surface area contributed by atoms with Crippen molar-refractivity contribution in [3.63, 3.8) is 0 Å². The highest BCUT2D eigenvalue weighted by atomic mass is 35.5. The van der Waals surface area contributed by atoms with Crippen molar-refractivity contribution in [1.29, 1.82) is 0 Å². The van der Waals surface area contributed by atoms with Crippen molar-refractivity contribution >= 4 is 46.7 Å². The van der Waals surface area contributed by atoms with Crippen LogP contribution in [0.3, 0.4) is 0 Å². The lowest BCUT2D eigenvalue weighted by Gasteiger charge is -2.16. The van der Waals surface area contributed by atoms with E-state index in [4.69, 9.17) is 16.3 Å². The number of nitrogens with zero attached hydrogens (tertiary/aromatic N) is 1. The zero-order valence-corrected chi connectivity index (χ0v) is 19.2. The number of thioether (sulfide) groups is 1. The molecular weight excluding hydrogens is 448 g/mol. The molecule has 1 aromatic heterocycles. The Kier molecular flexibility index (Phi) is 6.39. The maximum absolute atomic E-state index is 12.8. The van der Waals surface area contributed by atoms with E-state index in [1.165, 1.54) is 11.8 Å². The molecule has 0 saturated carbocycles. The number of benzene rings is 2. The van der Waals surface area contributed by atoms with Gasteiger partial charge in [0, 0.05) is 33.4 Å². The van der Waals surface area contributed by atoms with Crippen LogP contribution in [0.1, 0.15) is 37.7 Å². The molecule has 0 bridgehead atoms. The summed E-state index contributed by atoms with van der Waals surface area (Å²) in [4.78, 5) is 37.7. The maximum Gasteiger partial charge on any atom is 0.338 e. The third-order valence-corrected chi connectivity index (χ3v) is 6.79. The molecule has 0 spiro atoms. The van der Waals surface area contributed by atoms with Gasteiger partial charge in [0.2, 0.25) is 11.7 Å². The highest BCUT2D eigenvalue weighted by Crippen LogP contribution is 2.32. The summed E-state index contributed by atoms with van der Waals surface area (Å²) in [6.07, 6.45) is 0. The number of carbonyl (C=O) groups excluding carboxylic acids is 3. The number of Topliss-reactive ketones (excluding diaryl/α,β-unsaturated/α-hetero) is 1.